The van der Waals surface area contributed by atoms with Crippen LogP contribution in [0.3, 0.4) is 0 Å². The number of carbonyl (C=O) groups is 1. The van der Waals surface area contributed by atoms with Crippen LogP contribution in [0.15, 0.2) is 22.7 Å². The highest BCUT2D eigenvalue weighted by molar-refractivity contribution is 9.10. The third kappa shape index (κ3) is 4.28. The van der Waals surface area contributed by atoms with Crippen molar-refractivity contribution in [3.8, 4) is 0 Å². The lowest BCUT2D eigenvalue weighted by Crippen LogP contribution is -2.30. The molecule has 110 valence electrons. The number of hydrogen-bond acceptors (Lipinski definition) is 4. The van der Waals surface area contributed by atoms with Crippen LogP contribution in [0.1, 0.15) is 16.8 Å². The summed E-state index contributed by atoms with van der Waals surface area (Å²) in [7, 11) is 5.64. The summed E-state index contributed by atoms with van der Waals surface area (Å²) in [5.74, 6) is -0.223. The van der Waals surface area contributed by atoms with Crippen LogP contribution in [0.2, 0.25) is 0 Å². The molecule has 1 amide bonds. The predicted molar refractivity (Wildman–Crippen MR) is 80.9 cm³/mol. The minimum Gasteiger partial charge on any atom is -0.342 e. The maximum atomic E-state index is 12.3. The Morgan fingerprint density at radius 1 is 1.30 bits per heavy atom. The van der Waals surface area contributed by atoms with Crippen molar-refractivity contribution in [2.75, 3.05) is 34.2 Å². The second-order valence-electron chi connectivity index (χ2n) is 4.78. The summed E-state index contributed by atoms with van der Waals surface area (Å²) in [6.07, 6.45) is 0.849. The summed E-state index contributed by atoms with van der Waals surface area (Å²) in [6, 6.07) is 4.47. The molecule has 20 heavy (non-hydrogen) atoms. The van der Waals surface area contributed by atoms with Crippen molar-refractivity contribution in [3.05, 3.63) is 38.3 Å². The van der Waals surface area contributed by atoms with Crippen LogP contribution in [-0.4, -0.2) is 54.9 Å². The average Bonchev–Trinajstić information content (AvgIpc) is 2.37. The van der Waals surface area contributed by atoms with E-state index >= 15 is 0 Å². The van der Waals surface area contributed by atoms with E-state index in [1.807, 2.05) is 19.0 Å². The summed E-state index contributed by atoms with van der Waals surface area (Å²) in [6.45, 7) is 1.49. The Labute approximate surface area is 126 Å². The van der Waals surface area contributed by atoms with Gasteiger partial charge in [0.05, 0.1) is 10.5 Å². The smallest absolute Gasteiger partial charge is 0.284 e. The molecule has 0 aromatic heterocycles. The van der Waals surface area contributed by atoms with Gasteiger partial charge in [0.25, 0.3) is 11.6 Å². The fourth-order valence-corrected chi connectivity index (χ4v) is 2.34. The molecule has 0 bridgehead atoms. The van der Waals surface area contributed by atoms with Crippen LogP contribution in [0.5, 0.6) is 0 Å². The molecule has 1 aromatic rings. The van der Waals surface area contributed by atoms with E-state index in [1.165, 1.54) is 12.1 Å². The number of benzene rings is 1. The van der Waals surface area contributed by atoms with Gasteiger partial charge in [-0.05, 0) is 49.1 Å². The van der Waals surface area contributed by atoms with Gasteiger partial charge >= 0.3 is 0 Å². The van der Waals surface area contributed by atoms with E-state index in [9.17, 15) is 14.9 Å². The molecule has 7 heteroatoms. The lowest BCUT2D eigenvalue weighted by atomic mass is 10.1. The first kappa shape index (κ1) is 16.6. The van der Waals surface area contributed by atoms with Gasteiger partial charge in [0.15, 0.2) is 0 Å². The summed E-state index contributed by atoms with van der Waals surface area (Å²) >= 11 is 3.14. The minimum absolute atomic E-state index is 0.0995. The molecule has 0 saturated heterocycles. The molecule has 0 aliphatic heterocycles. The number of amides is 1. The molecule has 0 unspecified atom stereocenters. The highest BCUT2D eigenvalue weighted by atomic mass is 79.9. The standard InChI is InChI=1S/C13H18BrN3O3/c1-15(2)8-5-9-16(3)13(18)10-6-4-7-11(12(10)14)17(19)20/h4,6-7H,5,8-9H2,1-3H3. The molecule has 0 N–H and O–H groups in total. The van der Waals surface area contributed by atoms with E-state index in [0.717, 1.165) is 13.0 Å². The fourth-order valence-electron chi connectivity index (χ4n) is 1.76. The SMILES string of the molecule is CN(C)CCCN(C)C(=O)c1cccc([N+](=O)[O-])c1Br. The van der Waals surface area contributed by atoms with Crippen molar-refractivity contribution in [1.82, 2.24) is 9.80 Å². The van der Waals surface area contributed by atoms with Crippen LogP contribution in [0.4, 0.5) is 5.69 Å². The van der Waals surface area contributed by atoms with Gasteiger partial charge in [-0.15, -0.1) is 0 Å². The van der Waals surface area contributed by atoms with E-state index < -0.39 is 4.92 Å². The molecule has 6 nitrogen and oxygen atoms in total. The van der Waals surface area contributed by atoms with Crippen LogP contribution in [0, 0.1) is 10.1 Å². The first-order chi connectivity index (χ1) is 9.34. The molecule has 0 aliphatic carbocycles. The fraction of sp³-hybridized carbons (Fsp3) is 0.462. The summed E-state index contributed by atoms with van der Waals surface area (Å²) < 4.78 is 0.231. The van der Waals surface area contributed by atoms with E-state index in [4.69, 9.17) is 0 Å². The number of nitro benzene ring substituents is 1. The molecule has 0 atom stereocenters. The van der Waals surface area contributed by atoms with Gasteiger partial charge in [-0.1, -0.05) is 6.07 Å². The first-order valence-electron chi connectivity index (χ1n) is 6.17. The molecular weight excluding hydrogens is 326 g/mol. The maximum absolute atomic E-state index is 12.3. The molecule has 0 fully saturated rings. The monoisotopic (exact) mass is 343 g/mol. The number of nitrogens with zero attached hydrogens (tertiary/aromatic N) is 3. The normalized spacial score (nSPS) is 10.7. The van der Waals surface area contributed by atoms with Gasteiger partial charge in [-0.25, -0.2) is 0 Å². The zero-order valence-electron chi connectivity index (χ0n) is 11.8. The Morgan fingerprint density at radius 3 is 2.50 bits per heavy atom. The molecule has 0 radical (unpaired) electrons. The minimum atomic E-state index is -0.507. The van der Waals surface area contributed by atoms with Gasteiger partial charge < -0.3 is 9.80 Å². The molecule has 0 spiro atoms. The Hall–Kier alpha value is -1.47. The number of halogens is 1. The van der Waals surface area contributed by atoms with E-state index in [0.29, 0.717) is 12.1 Å². The van der Waals surface area contributed by atoms with E-state index in [-0.39, 0.29) is 16.1 Å². The number of rotatable bonds is 6. The van der Waals surface area contributed by atoms with E-state index in [1.54, 1.807) is 18.0 Å². The molecule has 0 saturated carbocycles. The van der Waals surface area contributed by atoms with Crippen LogP contribution < -0.4 is 0 Å². The predicted octanol–water partition coefficient (Wildman–Crippen LogP) is 2.38. The topological polar surface area (TPSA) is 66.7 Å². The second-order valence-corrected chi connectivity index (χ2v) is 5.57. The van der Waals surface area contributed by atoms with Gasteiger partial charge in [0.2, 0.25) is 0 Å². The zero-order chi connectivity index (χ0) is 15.3. The number of hydrogen-bond donors (Lipinski definition) is 0. The van der Waals surface area contributed by atoms with Crippen molar-refractivity contribution in [3.63, 3.8) is 0 Å². The molecule has 1 rings (SSSR count). The third-order valence-electron chi connectivity index (χ3n) is 2.85. The Bertz CT molecular complexity index is 506. The molecule has 1 aromatic carbocycles. The number of carbonyl (C=O) groups excluding carboxylic acids is 1. The van der Waals surface area contributed by atoms with Crippen molar-refractivity contribution in [2.24, 2.45) is 0 Å². The summed E-state index contributed by atoms with van der Waals surface area (Å²) in [5, 5.41) is 10.9. The van der Waals surface area contributed by atoms with Crippen LogP contribution >= 0.6 is 15.9 Å². The van der Waals surface area contributed by atoms with Crippen molar-refractivity contribution < 1.29 is 9.72 Å². The van der Waals surface area contributed by atoms with Gasteiger partial charge in [-0.2, -0.15) is 0 Å². The summed E-state index contributed by atoms with van der Waals surface area (Å²) in [5.41, 5.74) is 0.212. The number of nitro groups is 1. The lowest BCUT2D eigenvalue weighted by Gasteiger charge is -2.19. The Kier molecular flexibility index (Phi) is 6.09. The van der Waals surface area contributed by atoms with Crippen molar-refractivity contribution in [1.29, 1.82) is 0 Å². The summed E-state index contributed by atoms with van der Waals surface area (Å²) in [4.78, 5) is 26.2. The Balaban J connectivity index is 2.81. The highest BCUT2D eigenvalue weighted by Gasteiger charge is 2.21. The second kappa shape index (κ2) is 7.35. The van der Waals surface area contributed by atoms with E-state index in [2.05, 4.69) is 15.9 Å². The van der Waals surface area contributed by atoms with Crippen LogP contribution in [-0.2, 0) is 0 Å². The van der Waals surface area contributed by atoms with Gasteiger partial charge in [-0.3, -0.25) is 14.9 Å². The molecular formula is C13H18BrN3O3. The largest absolute Gasteiger partial charge is 0.342 e. The van der Waals surface area contributed by atoms with Crippen molar-refractivity contribution >= 4 is 27.5 Å². The zero-order valence-corrected chi connectivity index (χ0v) is 13.4. The molecule has 0 aliphatic rings. The van der Waals surface area contributed by atoms with Crippen molar-refractivity contribution in [2.45, 2.75) is 6.42 Å². The highest BCUT2D eigenvalue weighted by Crippen LogP contribution is 2.28. The van der Waals surface area contributed by atoms with Crippen LogP contribution in [0.25, 0.3) is 0 Å². The van der Waals surface area contributed by atoms with Gasteiger partial charge in [0.1, 0.15) is 4.47 Å². The molecule has 0 heterocycles. The van der Waals surface area contributed by atoms with Gasteiger partial charge in [0, 0.05) is 19.7 Å². The lowest BCUT2D eigenvalue weighted by molar-refractivity contribution is -0.385. The quantitative estimate of drug-likeness (QED) is 0.587. The third-order valence-corrected chi connectivity index (χ3v) is 3.68. The maximum Gasteiger partial charge on any atom is 0.284 e. The Morgan fingerprint density at radius 2 is 1.95 bits per heavy atom. The average molecular weight is 344 g/mol. The first-order valence-corrected chi connectivity index (χ1v) is 6.97.